The number of esters is 1. The molecule has 3 aromatic heterocycles. The van der Waals surface area contributed by atoms with Gasteiger partial charge in [-0.25, -0.2) is 14.2 Å². The molecule has 29 heavy (non-hydrogen) atoms. The number of thiophene rings is 1. The second kappa shape index (κ2) is 7.76. The van der Waals surface area contributed by atoms with Crippen molar-refractivity contribution in [2.24, 2.45) is 0 Å². The van der Waals surface area contributed by atoms with Crippen LogP contribution in [-0.2, 0) is 9.53 Å². The number of hydrogen-bond acceptors (Lipinski definition) is 8. The number of ether oxygens (including phenoxy) is 1. The van der Waals surface area contributed by atoms with Crippen LogP contribution < -0.4 is 5.32 Å². The van der Waals surface area contributed by atoms with Gasteiger partial charge in [-0.1, -0.05) is 23.9 Å². The van der Waals surface area contributed by atoms with E-state index in [0.29, 0.717) is 25.9 Å². The summed E-state index contributed by atoms with van der Waals surface area (Å²) in [5, 5.41) is 12.0. The van der Waals surface area contributed by atoms with Crippen LogP contribution in [0.2, 0.25) is 0 Å². The van der Waals surface area contributed by atoms with Crippen molar-refractivity contribution in [3.63, 3.8) is 0 Å². The number of anilines is 1. The van der Waals surface area contributed by atoms with Crippen LogP contribution in [0.15, 0.2) is 35.7 Å². The molecule has 0 bridgehead atoms. The van der Waals surface area contributed by atoms with E-state index >= 15 is 0 Å². The highest BCUT2D eigenvalue weighted by atomic mass is 32.2. The van der Waals surface area contributed by atoms with Gasteiger partial charge in [-0.15, -0.1) is 21.5 Å². The van der Waals surface area contributed by atoms with Crippen LogP contribution in [0.4, 0.5) is 10.1 Å². The molecule has 0 saturated heterocycles. The highest BCUT2D eigenvalue weighted by molar-refractivity contribution is 7.99. The van der Waals surface area contributed by atoms with Gasteiger partial charge < -0.3 is 10.1 Å². The molecule has 0 unspecified atom stereocenters. The monoisotopic (exact) mass is 431 g/mol. The number of aryl methyl sites for hydroxylation is 1. The number of amides is 1. The molecule has 1 aromatic carbocycles. The van der Waals surface area contributed by atoms with Crippen molar-refractivity contribution in [3.8, 4) is 0 Å². The van der Waals surface area contributed by atoms with Gasteiger partial charge in [0.05, 0.1) is 23.9 Å². The van der Waals surface area contributed by atoms with Gasteiger partial charge in [0.2, 0.25) is 5.91 Å². The van der Waals surface area contributed by atoms with E-state index in [1.807, 2.05) is 0 Å². The lowest BCUT2D eigenvalue weighted by Gasteiger charge is -2.05. The van der Waals surface area contributed by atoms with Crippen LogP contribution >= 0.6 is 23.1 Å². The number of thioether (sulfide) groups is 1. The molecule has 4 aromatic rings. The molecule has 0 radical (unpaired) electrons. The summed E-state index contributed by atoms with van der Waals surface area (Å²) in [5.74, 6) is -1.28. The van der Waals surface area contributed by atoms with E-state index in [-0.39, 0.29) is 17.3 Å². The Hall–Kier alpha value is -3.05. The van der Waals surface area contributed by atoms with E-state index < -0.39 is 11.8 Å². The Morgan fingerprint density at radius 2 is 2.10 bits per heavy atom. The van der Waals surface area contributed by atoms with Gasteiger partial charge in [-0.05, 0) is 24.6 Å². The first-order valence-corrected chi connectivity index (χ1v) is 10.2. The number of para-hydroxylation sites is 1. The number of halogens is 1. The number of nitrogens with zero attached hydrogens (tertiary/aromatic N) is 4. The fourth-order valence-electron chi connectivity index (χ4n) is 2.78. The van der Waals surface area contributed by atoms with E-state index in [2.05, 4.69) is 20.5 Å². The van der Waals surface area contributed by atoms with Gasteiger partial charge in [0, 0.05) is 0 Å². The Labute approximate surface area is 172 Å². The zero-order valence-electron chi connectivity index (χ0n) is 15.3. The molecule has 0 aliphatic heterocycles. The molecule has 3 heterocycles. The van der Waals surface area contributed by atoms with Crippen LogP contribution in [0.25, 0.3) is 15.9 Å². The van der Waals surface area contributed by atoms with E-state index in [0.717, 1.165) is 17.3 Å². The average Bonchev–Trinajstić information content (AvgIpc) is 3.28. The summed E-state index contributed by atoms with van der Waals surface area (Å²) >= 11 is 2.38. The Bertz CT molecular complexity index is 1250. The molecular weight excluding hydrogens is 417 g/mol. The minimum Gasteiger partial charge on any atom is -0.465 e. The molecular formula is C18H14FN5O3S2. The zero-order chi connectivity index (χ0) is 20.5. The van der Waals surface area contributed by atoms with Gasteiger partial charge >= 0.3 is 5.97 Å². The van der Waals surface area contributed by atoms with Gasteiger partial charge in [0.15, 0.2) is 10.8 Å². The molecule has 0 fully saturated rings. The summed E-state index contributed by atoms with van der Waals surface area (Å²) in [4.78, 5) is 29.6. The Kier molecular flexibility index (Phi) is 5.16. The second-order valence-electron chi connectivity index (χ2n) is 5.97. The van der Waals surface area contributed by atoms with Crippen LogP contribution in [0.3, 0.4) is 0 Å². The van der Waals surface area contributed by atoms with Gasteiger partial charge in [-0.3, -0.25) is 9.20 Å². The average molecular weight is 431 g/mol. The van der Waals surface area contributed by atoms with Crippen molar-refractivity contribution in [3.05, 3.63) is 46.9 Å². The molecule has 0 saturated carbocycles. The number of carbonyl (C=O) groups excluding carboxylic acids is 2. The number of nitrogens with one attached hydrogen (secondary N) is 1. The number of methoxy groups -OCH3 is 1. The Morgan fingerprint density at radius 1 is 1.31 bits per heavy atom. The van der Waals surface area contributed by atoms with Crippen LogP contribution in [0.5, 0.6) is 0 Å². The molecule has 8 nitrogen and oxygen atoms in total. The number of carbonyl (C=O) groups is 2. The SMILES string of the molecule is COC(=O)c1sc2ncn3c(SCC(=O)Nc4ccccc4F)nnc3c2c1C. The zero-order valence-corrected chi connectivity index (χ0v) is 16.9. The molecule has 148 valence electrons. The fraction of sp³-hybridized carbons (Fsp3) is 0.167. The van der Waals surface area contributed by atoms with Gasteiger partial charge in [0.25, 0.3) is 0 Å². The molecule has 1 N–H and O–H groups in total. The largest absolute Gasteiger partial charge is 0.465 e. The maximum absolute atomic E-state index is 13.7. The normalized spacial score (nSPS) is 11.1. The Morgan fingerprint density at radius 3 is 2.86 bits per heavy atom. The summed E-state index contributed by atoms with van der Waals surface area (Å²) < 4.78 is 20.1. The fourth-order valence-corrected chi connectivity index (χ4v) is 4.54. The third kappa shape index (κ3) is 3.54. The third-order valence-electron chi connectivity index (χ3n) is 4.16. The topological polar surface area (TPSA) is 98.5 Å². The van der Waals surface area contributed by atoms with Crippen molar-refractivity contribution in [2.75, 3.05) is 18.2 Å². The molecule has 0 aliphatic carbocycles. The lowest BCUT2D eigenvalue weighted by atomic mass is 10.2. The van der Waals surface area contributed by atoms with Crippen molar-refractivity contribution in [2.45, 2.75) is 12.1 Å². The van der Waals surface area contributed by atoms with Crippen molar-refractivity contribution < 1.29 is 18.7 Å². The summed E-state index contributed by atoms with van der Waals surface area (Å²) in [6.07, 6.45) is 1.55. The van der Waals surface area contributed by atoms with Crippen LogP contribution in [0.1, 0.15) is 15.2 Å². The molecule has 4 rings (SSSR count). The first kappa shape index (κ1) is 19.3. The summed E-state index contributed by atoms with van der Waals surface area (Å²) in [6, 6.07) is 5.95. The standard InChI is InChI=1S/C18H14FN5O3S2/c1-9-13-15-22-23-18(24(15)8-20-16(13)29-14(9)17(26)27-2)28-7-12(25)21-11-6-4-3-5-10(11)19/h3-6,8H,7H2,1-2H3,(H,21,25). The third-order valence-corrected chi connectivity index (χ3v) is 6.28. The number of rotatable bonds is 5. The smallest absolute Gasteiger partial charge is 0.348 e. The lowest BCUT2D eigenvalue weighted by Crippen LogP contribution is -2.15. The summed E-state index contributed by atoms with van der Waals surface area (Å²) in [5.41, 5.74) is 1.38. The highest BCUT2D eigenvalue weighted by Crippen LogP contribution is 2.33. The van der Waals surface area contributed by atoms with Gasteiger partial charge in [-0.2, -0.15) is 0 Å². The van der Waals surface area contributed by atoms with Crippen molar-refractivity contribution in [1.82, 2.24) is 19.6 Å². The maximum atomic E-state index is 13.7. The second-order valence-corrected chi connectivity index (χ2v) is 7.91. The van der Waals surface area contributed by atoms with E-state index in [9.17, 15) is 14.0 Å². The maximum Gasteiger partial charge on any atom is 0.348 e. The molecule has 11 heteroatoms. The minimum atomic E-state index is -0.500. The lowest BCUT2D eigenvalue weighted by molar-refractivity contribution is -0.113. The summed E-state index contributed by atoms with van der Waals surface area (Å²) in [7, 11) is 1.33. The first-order chi connectivity index (χ1) is 14.0. The van der Waals surface area contributed by atoms with Crippen molar-refractivity contribution in [1.29, 1.82) is 0 Å². The molecule has 0 spiro atoms. The van der Waals surface area contributed by atoms with E-state index in [4.69, 9.17) is 4.74 Å². The van der Waals surface area contributed by atoms with Gasteiger partial charge in [0.1, 0.15) is 21.9 Å². The number of hydrogen-bond donors (Lipinski definition) is 1. The number of aromatic nitrogens is 4. The highest BCUT2D eigenvalue weighted by Gasteiger charge is 2.21. The van der Waals surface area contributed by atoms with Crippen molar-refractivity contribution >= 4 is 56.5 Å². The Balaban J connectivity index is 1.58. The molecule has 0 atom stereocenters. The molecule has 0 aliphatic rings. The van der Waals surface area contributed by atoms with E-state index in [1.54, 1.807) is 29.8 Å². The van der Waals surface area contributed by atoms with E-state index in [1.165, 1.54) is 30.6 Å². The number of fused-ring (bicyclic) bond motifs is 3. The predicted molar refractivity (Wildman–Crippen MR) is 108 cm³/mol. The predicted octanol–water partition coefficient (Wildman–Crippen LogP) is 3.30. The minimum absolute atomic E-state index is 0.0171. The van der Waals surface area contributed by atoms with Crippen LogP contribution in [0, 0.1) is 12.7 Å². The number of benzene rings is 1. The molecule has 1 amide bonds. The first-order valence-electron chi connectivity index (χ1n) is 8.38. The summed E-state index contributed by atoms with van der Waals surface area (Å²) in [6.45, 7) is 1.80. The quantitative estimate of drug-likeness (QED) is 0.382. The van der Waals surface area contributed by atoms with Crippen LogP contribution in [-0.4, -0.2) is 44.3 Å².